The predicted octanol–water partition coefficient (Wildman–Crippen LogP) is 3.26. The molecule has 0 aromatic heterocycles. The molecule has 3 nitrogen and oxygen atoms in total. The van der Waals surface area contributed by atoms with E-state index in [4.69, 9.17) is 5.73 Å². The zero-order valence-corrected chi connectivity index (χ0v) is 13.3. The van der Waals surface area contributed by atoms with Gasteiger partial charge in [0.2, 0.25) is 5.91 Å². The van der Waals surface area contributed by atoms with Gasteiger partial charge in [0, 0.05) is 12.6 Å². The Morgan fingerprint density at radius 1 is 1.24 bits per heavy atom. The predicted molar refractivity (Wildman–Crippen MR) is 86.9 cm³/mol. The minimum Gasteiger partial charge on any atom is -0.334 e. The topological polar surface area (TPSA) is 46.3 Å². The number of carbonyl (C=O) groups is 1. The first kappa shape index (κ1) is 16.0. The summed E-state index contributed by atoms with van der Waals surface area (Å²) in [5.41, 5.74) is 8.62. The monoisotopic (exact) mass is 288 g/mol. The van der Waals surface area contributed by atoms with Crippen LogP contribution >= 0.6 is 0 Å². The molecule has 2 rings (SSSR count). The van der Waals surface area contributed by atoms with E-state index < -0.39 is 0 Å². The fourth-order valence-electron chi connectivity index (χ4n) is 2.61. The number of carbonyl (C=O) groups excluding carboxylic acids is 1. The van der Waals surface area contributed by atoms with E-state index in [-0.39, 0.29) is 11.9 Å². The van der Waals surface area contributed by atoms with E-state index in [0.717, 1.165) is 38.5 Å². The molecule has 21 heavy (non-hydrogen) atoms. The molecule has 1 aliphatic rings. The fourth-order valence-corrected chi connectivity index (χ4v) is 2.61. The van der Waals surface area contributed by atoms with Crippen LogP contribution < -0.4 is 5.73 Å². The van der Waals surface area contributed by atoms with E-state index in [0.29, 0.717) is 12.6 Å². The number of amides is 1. The molecular formula is C18H28N2O. The summed E-state index contributed by atoms with van der Waals surface area (Å²) < 4.78 is 0. The molecule has 0 heterocycles. The highest BCUT2D eigenvalue weighted by atomic mass is 16.2. The lowest BCUT2D eigenvalue weighted by Gasteiger charge is -2.26. The number of nitrogens with two attached hydrogens (primary N) is 1. The molecule has 1 aliphatic carbocycles. The van der Waals surface area contributed by atoms with Crippen LogP contribution in [0.2, 0.25) is 0 Å². The van der Waals surface area contributed by atoms with Crippen molar-refractivity contribution in [2.45, 2.75) is 71.0 Å². The van der Waals surface area contributed by atoms with Crippen molar-refractivity contribution in [1.82, 2.24) is 4.90 Å². The Labute approximate surface area is 128 Å². The summed E-state index contributed by atoms with van der Waals surface area (Å²) in [4.78, 5) is 14.6. The largest absolute Gasteiger partial charge is 0.334 e. The summed E-state index contributed by atoms with van der Waals surface area (Å²) in [6.07, 6.45) is 6.21. The molecule has 1 aromatic rings. The third-order valence-electron chi connectivity index (χ3n) is 4.24. The molecular weight excluding hydrogens is 260 g/mol. The van der Waals surface area contributed by atoms with Gasteiger partial charge in [-0.25, -0.2) is 0 Å². The molecule has 0 bridgehead atoms. The van der Waals surface area contributed by atoms with Gasteiger partial charge in [-0.3, -0.25) is 4.79 Å². The van der Waals surface area contributed by atoms with E-state index in [1.165, 1.54) is 11.1 Å². The number of unbranched alkanes of at least 4 members (excludes halogenated alkanes) is 1. The molecule has 1 unspecified atom stereocenters. The Morgan fingerprint density at radius 3 is 2.38 bits per heavy atom. The van der Waals surface area contributed by atoms with E-state index >= 15 is 0 Å². The molecule has 1 fully saturated rings. The molecule has 0 saturated heterocycles. The number of hydrogen-bond acceptors (Lipinski definition) is 2. The SMILES string of the molecule is CCCCC(N)C(=O)N(Cc1ccc(CC)cc1)C1CC1. The van der Waals surface area contributed by atoms with Crippen molar-refractivity contribution in [3.8, 4) is 0 Å². The van der Waals surface area contributed by atoms with E-state index in [1.54, 1.807) is 0 Å². The standard InChI is InChI=1S/C18H28N2O/c1-3-5-6-17(19)18(21)20(16-11-12-16)13-15-9-7-14(4-2)8-10-15/h7-10,16-17H,3-6,11-13,19H2,1-2H3. The summed E-state index contributed by atoms with van der Waals surface area (Å²) in [6.45, 7) is 4.99. The molecule has 0 spiro atoms. The minimum atomic E-state index is -0.333. The van der Waals surface area contributed by atoms with Gasteiger partial charge in [-0.1, -0.05) is 51.0 Å². The van der Waals surface area contributed by atoms with Crippen LogP contribution in [0.3, 0.4) is 0 Å². The molecule has 0 radical (unpaired) electrons. The van der Waals surface area contributed by atoms with Crippen LogP contribution in [0.1, 0.15) is 57.1 Å². The van der Waals surface area contributed by atoms with Gasteiger partial charge in [-0.15, -0.1) is 0 Å². The summed E-state index contributed by atoms with van der Waals surface area (Å²) in [5.74, 6) is 0.130. The Bertz CT molecular complexity index is 451. The second-order valence-corrected chi connectivity index (χ2v) is 6.12. The van der Waals surface area contributed by atoms with Gasteiger partial charge in [0.05, 0.1) is 6.04 Å². The van der Waals surface area contributed by atoms with Gasteiger partial charge >= 0.3 is 0 Å². The Morgan fingerprint density at radius 2 is 1.86 bits per heavy atom. The third kappa shape index (κ3) is 4.57. The number of nitrogens with zero attached hydrogens (tertiary/aromatic N) is 1. The molecule has 2 N–H and O–H groups in total. The van der Waals surface area contributed by atoms with Crippen LogP contribution in [0.25, 0.3) is 0 Å². The molecule has 1 saturated carbocycles. The van der Waals surface area contributed by atoms with E-state index in [2.05, 4.69) is 38.1 Å². The first-order valence-corrected chi connectivity index (χ1v) is 8.29. The number of benzene rings is 1. The van der Waals surface area contributed by atoms with Gasteiger partial charge in [-0.05, 0) is 36.8 Å². The molecule has 0 aliphatic heterocycles. The van der Waals surface area contributed by atoms with Crippen LogP contribution in [0.5, 0.6) is 0 Å². The lowest BCUT2D eigenvalue weighted by atomic mass is 10.1. The quantitative estimate of drug-likeness (QED) is 0.798. The van der Waals surface area contributed by atoms with Crippen molar-refractivity contribution in [2.75, 3.05) is 0 Å². The summed E-state index contributed by atoms with van der Waals surface area (Å²) in [6, 6.07) is 8.67. The van der Waals surface area contributed by atoms with Crippen molar-refractivity contribution >= 4 is 5.91 Å². The number of aryl methyl sites for hydroxylation is 1. The lowest BCUT2D eigenvalue weighted by Crippen LogP contribution is -2.44. The molecule has 1 amide bonds. The maximum atomic E-state index is 12.6. The highest BCUT2D eigenvalue weighted by molar-refractivity contribution is 5.82. The molecule has 1 atom stereocenters. The van der Waals surface area contributed by atoms with Crippen molar-refractivity contribution in [1.29, 1.82) is 0 Å². The van der Waals surface area contributed by atoms with Crippen LogP contribution in [0.15, 0.2) is 24.3 Å². The first-order valence-electron chi connectivity index (χ1n) is 8.29. The lowest BCUT2D eigenvalue weighted by molar-refractivity contribution is -0.134. The van der Waals surface area contributed by atoms with Crippen molar-refractivity contribution < 1.29 is 4.79 Å². The number of hydrogen-bond donors (Lipinski definition) is 1. The fraction of sp³-hybridized carbons (Fsp3) is 0.611. The molecule has 1 aromatic carbocycles. The highest BCUT2D eigenvalue weighted by Gasteiger charge is 2.34. The summed E-state index contributed by atoms with van der Waals surface area (Å²) in [7, 11) is 0. The van der Waals surface area contributed by atoms with Crippen LogP contribution in [-0.2, 0) is 17.8 Å². The average Bonchev–Trinajstić information content (AvgIpc) is 3.34. The molecule has 116 valence electrons. The normalized spacial score (nSPS) is 15.8. The summed E-state index contributed by atoms with van der Waals surface area (Å²) >= 11 is 0. The van der Waals surface area contributed by atoms with E-state index in [9.17, 15) is 4.79 Å². The van der Waals surface area contributed by atoms with Crippen LogP contribution in [-0.4, -0.2) is 22.9 Å². The molecule has 3 heteroatoms. The van der Waals surface area contributed by atoms with Gasteiger partial charge in [0.25, 0.3) is 0 Å². The average molecular weight is 288 g/mol. The first-order chi connectivity index (χ1) is 10.2. The minimum absolute atomic E-state index is 0.130. The zero-order valence-electron chi connectivity index (χ0n) is 13.3. The van der Waals surface area contributed by atoms with Crippen molar-refractivity contribution in [2.24, 2.45) is 5.73 Å². The van der Waals surface area contributed by atoms with Gasteiger partial charge < -0.3 is 10.6 Å². The highest BCUT2D eigenvalue weighted by Crippen LogP contribution is 2.29. The zero-order chi connectivity index (χ0) is 15.2. The van der Waals surface area contributed by atoms with Gasteiger partial charge in [0.1, 0.15) is 0 Å². The second kappa shape index (κ2) is 7.60. The number of rotatable bonds is 8. The van der Waals surface area contributed by atoms with Crippen molar-refractivity contribution in [3.05, 3.63) is 35.4 Å². The Balaban J connectivity index is 1.99. The van der Waals surface area contributed by atoms with Gasteiger partial charge in [-0.2, -0.15) is 0 Å². The Kier molecular flexibility index (Phi) is 5.80. The van der Waals surface area contributed by atoms with Crippen LogP contribution in [0, 0.1) is 0 Å². The Hall–Kier alpha value is -1.35. The summed E-state index contributed by atoms with van der Waals surface area (Å²) in [5, 5.41) is 0. The van der Waals surface area contributed by atoms with Crippen LogP contribution in [0.4, 0.5) is 0 Å². The smallest absolute Gasteiger partial charge is 0.240 e. The maximum absolute atomic E-state index is 12.6. The van der Waals surface area contributed by atoms with Crippen molar-refractivity contribution in [3.63, 3.8) is 0 Å². The second-order valence-electron chi connectivity index (χ2n) is 6.12. The van der Waals surface area contributed by atoms with E-state index in [1.807, 2.05) is 4.90 Å². The van der Waals surface area contributed by atoms with Gasteiger partial charge in [0.15, 0.2) is 0 Å². The maximum Gasteiger partial charge on any atom is 0.240 e. The third-order valence-corrected chi connectivity index (χ3v) is 4.24.